The van der Waals surface area contributed by atoms with Gasteiger partial charge in [-0.2, -0.15) is 0 Å². The summed E-state index contributed by atoms with van der Waals surface area (Å²) < 4.78 is 0. The molecule has 1 N–H and O–H groups in total. The van der Waals surface area contributed by atoms with Crippen molar-refractivity contribution < 1.29 is 14.4 Å². The van der Waals surface area contributed by atoms with Gasteiger partial charge in [-0.05, 0) is 37.8 Å². The van der Waals surface area contributed by atoms with E-state index in [0.717, 1.165) is 55.4 Å². The van der Waals surface area contributed by atoms with Gasteiger partial charge in [0, 0.05) is 19.5 Å². The van der Waals surface area contributed by atoms with Crippen LogP contribution in [0.2, 0.25) is 0 Å². The number of carbonyl (C=O) groups excluding carboxylic acids is 3. The predicted octanol–water partition coefficient (Wildman–Crippen LogP) is 2.79. The number of imide groups is 1. The number of aromatic nitrogens is 2. The largest absolute Gasteiger partial charge is 0.340 e. The van der Waals surface area contributed by atoms with Crippen LogP contribution in [0, 0.1) is 11.8 Å². The summed E-state index contributed by atoms with van der Waals surface area (Å²) in [5, 5.41) is 0. The standard InChI is InChI=1S/C22H26N4O3/c27-19(11-13-26-21(28)14-6-1-2-7-15(14)22(26)29)25-12-5-10-18(25)20-23-16-8-3-4-9-17(16)24-20/h3-4,8-9,14-15,18H,1-2,5-7,10-13H2,(H,23,24). The highest BCUT2D eigenvalue weighted by Gasteiger charge is 2.48. The number of amides is 3. The molecule has 152 valence electrons. The van der Waals surface area contributed by atoms with Gasteiger partial charge in [-0.1, -0.05) is 25.0 Å². The Balaban J connectivity index is 1.26. The van der Waals surface area contributed by atoms with E-state index in [1.54, 1.807) is 0 Å². The molecule has 0 spiro atoms. The number of carbonyl (C=O) groups is 3. The SMILES string of the molecule is O=C1C2CCCCC2C(=O)N1CCC(=O)N1CCCC1c1nc2ccccc2[nH]1. The summed E-state index contributed by atoms with van der Waals surface area (Å²) in [7, 11) is 0. The Morgan fingerprint density at radius 2 is 1.76 bits per heavy atom. The third kappa shape index (κ3) is 3.12. The monoisotopic (exact) mass is 394 g/mol. The smallest absolute Gasteiger partial charge is 0.233 e. The second-order valence-corrected chi connectivity index (χ2v) is 8.46. The van der Waals surface area contributed by atoms with Crippen LogP contribution in [0.15, 0.2) is 24.3 Å². The van der Waals surface area contributed by atoms with Gasteiger partial charge in [0.1, 0.15) is 5.82 Å². The first-order valence-electron chi connectivity index (χ1n) is 10.7. The van der Waals surface area contributed by atoms with Crippen LogP contribution in [0.4, 0.5) is 0 Å². The van der Waals surface area contributed by atoms with E-state index in [9.17, 15) is 14.4 Å². The molecule has 2 saturated heterocycles. The molecule has 3 aliphatic rings. The van der Waals surface area contributed by atoms with Crippen LogP contribution in [0.5, 0.6) is 0 Å². The summed E-state index contributed by atoms with van der Waals surface area (Å²) >= 11 is 0. The summed E-state index contributed by atoms with van der Waals surface area (Å²) in [5.74, 6) is 0.369. The molecule has 3 heterocycles. The number of fused-ring (bicyclic) bond motifs is 2. The minimum absolute atomic E-state index is 0.0107. The molecule has 7 nitrogen and oxygen atoms in total. The molecule has 3 atom stereocenters. The Morgan fingerprint density at radius 1 is 1.03 bits per heavy atom. The molecule has 0 bridgehead atoms. The van der Waals surface area contributed by atoms with Gasteiger partial charge < -0.3 is 9.88 Å². The number of para-hydroxylation sites is 2. The molecule has 3 unspecified atom stereocenters. The van der Waals surface area contributed by atoms with Gasteiger partial charge in [0.15, 0.2) is 0 Å². The Bertz CT molecular complexity index is 911. The number of benzene rings is 1. The highest BCUT2D eigenvalue weighted by atomic mass is 16.2. The Hall–Kier alpha value is -2.70. The zero-order valence-corrected chi connectivity index (χ0v) is 16.5. The summed E-state index contributed by atoms with van der Waals surface area (Å²) in [6.07, 6.45) is 5.63. The number of hydrogen-bond acceptors (Lipinski definition) is 4. The Morgan fingerprint density at radius 3 is 2.48 bits per heavy atom. The molecule has 1 aliphatic carbocycles. The van der Waals surface area contributed by atoms with Crippen molar-refractivity contribution in [3.05, 3.63) is 30.1 Å². The molecular formula is C22H26N4O3. The zero-order chi connectivity index (χ0) is 20.0. The van der Waals surface area contributed by atoms with E-state index in [1.807, 2.05) is 29.2 Å². The third-order valence-electron chi connectivity index (χ3n) is 6.78. The molecule has 29 heavy (non-hydrogen) atoms. The van der Waals surface area contributed by atoms with E-state index in [4.69, 9.17) is 0 Å². The fourth-order valence-electron chi connectivity index (χ4n) is 5.28. The van der Waals surface area contributed by atoms with Crippen molar-refractivity contribution in [2.24, 2.45) is 11.8 Å². The van der Waals surface area contributed by atoms with Gasteiger partial charge >= 0.3 is 0 Å². The molecule has 3 fully saturated rings. The van der Waals surface area contributed by atoms with Gasteiger partial charge in [0.25, 0.3) is 0 Å². The number of imidazole rings is 1. The van der Waals surface area contributed by atoms with Gasteiger partial charge in [-0.3, -0.25) is 19.3 Å². The lowest BCUT2D eigenvalue weighted by Crippen LogP contribution is -2.37. The second-order valence-electron chi connectivity index (χ2n) is 8.46. The normalized spacial score (nSPS) is 27.1. The van der Waals surface area contributed by atoms with Crippen LogP contribution in [0.1, 0.15) is 56.8 Å². The number of nitrogens with one attached hydrogen (secondary N) is 1. The van der Waals surface area contributed by atoms with Crippen molar-refractivity contribution in [3.63, 3.8) is 0 Å². The fourth-order valence-corrected chi connectivity index (χ4v) is 5.28. The van der Waals surface area contributed by atoms with Gasteiger partial charge in [-0.25, -0.2) is 4.98 Å². The van der Waals surface area contributed by atoms with Crippen molar-refractivity contribution in [2.75, 3.05) is 13.1 Å². The van der Waals surface area contributed by atoms with Crippen molar-refractivity contribution >= 4 is 28.8 Å². The van der Waals surface area contributed by atoms with Crippen LogP contribution in [-0.4, -0.2) is 50.6 Å². The van der Waals surface area contributed by atoms with Crippen LogP contribution < -0.4 is 0 Å². The predicted molar refractivity (Wildman–Crippen MR) is 107 cm³/mol. The lowest BCUT2D eigenvalue weighted by atomic mass is 9.81. The van der Waals surface area contributed by atoms with Crippen LogP contribution >= 0.6 is 0 Å². The number of aromatic amines is 1. The van der Waals surface area contributed by atoms with Gasteiger partial charge in [0.05, 0.1) is 28.9 Å². The fraction of sp³-hybridized carbons (Fsp3) is 0.545. The number of hydrogen-bond donors (Lipinski definition) is 1. The lowest BCUT2D eigenvalue weighted by Gasteiger charge is -2.24. The molecule has 5 rings (SSSR count). The van der Waals surface area contributed by atoms with Crippen molar-refractivity contribution in [1.29, 1.82) is 0 Å². The number of likely N-dealkylation sites (tertiary alicyclic amines) is 2. The van der Waals surface area contributed by atoms with Gasteiger partial charge in [-0.15, -0.1) is 0 Å². The number of rotatable bonds is 4. The van der Waals surface area contributed by atoms with Crippen LogP contribution in [0.25, 0.3) is 11.0 Å². The Kier molecular flexibility index (Phi) is 4.60. The highest BCUT2D eigenvalue weighted by molar-refractivity contribution is 6.05. The minimum atomic E-state index is -0.151. The summed E-state index contributed by atoms with van der Waals surface area (Å²) in [5.41, 5.74) is 1.87. The summed E-state index contributed by atoms with van der Waals surface area (Å²) in [4.78, 5) is 49.5. The molecule has 7 heteroatoms. The highest BCUT2D eigenvalue weighted by Crippen LogP contribution is 2.38. The van der Waals surface area contributed by atoms with E-state index in [2.05, 4.69) is 9.97 Å². The minimum Gasteiger partial charge on any atom is -0.340 e. The molecular weight excluding hydrogens is 368 g/mol. The maximum absolute atomic E-state index is 13.0. The number of nitrogens with zero attached hydrogens (tertiary/aromatic N) is 3. The van der Waals surface area contributed by atoms with E-state index >= 15 is 0 Å². The topological polar surface area (TPSA) is 86.4 Å². The molecule has 0 radical (unpaired) electrons. The maximum atomic E-state index is 13.0. The zero-order valence-electron chi connectivity index (χ0n) is 16.5. The van der Waals surface area contributed by atoms with E-state index in [1.165, 1.54) is 4.90 Å². The van der Waals surface area contributed by atoms with E-state index in [0.29, 0.717) is 6.54 Å². The summed E-state index contributed by atoms with van der Waals surface area (Å²) in [6.45, 7) is 0.889. The molecule has 2 aliphatic heterocycles. The average molecular weight is 394 g/mol. The first-order valence-corrected chi connectivity index (χ1v) is 10.7. The third-order valence-corrected chi connectivity index (χ3v) is 6.78. The number of H-pyrrole nitrogens is 1. The first-order chi connectivity index (χ1) is 14.1. The van der Waals surface area contributed by atoms with Crippen LogP contribution in [-0.2, 0) is 14.4 Å². The summed E-state index contributed by atoms with van der Waals surface area (Å²) in [6, 6.07) is 7.79. The van der Waals surface area contributed by atoms with Crippen molar-refractivity contribution in [1.82, 2.24) is 19.8 Å². The molecule has 2 aromatic rings. The Labute approximate surface area is 169 Å². The molecule has 1 aromatic carbocycles. The quantitative estimate of drug-likeness (QED) is 0.808. The van der Waals surface area contributed by atoms with Crippen molar-refractivity contribution in [2.45, 2.75) is 51.0 Å². The maximum Gasteiger partial charge on any atom is 0.233 e. The average Bonchev–Trinajstić information content (AvgIpc) is 3.44. The molecule has 1 saturated carbocycles. The van der Waals surface area contributed by atoms with E-state index < -0.39 is 0 Å². The second kappa shape index (κ2) is 7.28. The van der Waals surface area contributed by atoms with Crippen molar-refractivity contribution in [3.8, 4) is 0 Å². The molecule has 1 aromatic heterocycles. The lowest BCUT2D eigenvalue weighted by molar-refractivity contribution is -0.141. The van der Waals surface area contributed by atoms with Gasteiger partial charge in [0.2, 0.25) is 17.7 Å². The molecule has 3 amide bonds. The van der Waals surface area contributed by atoms with Crippen LogP contribution in [0.3, 0.4) is 0 Å². The first kappa shape index (κ1) is 18.3. The van der Waals surface area contributed by atoms with E-state index in [-0.39, 0.29) is 48.6 Å².